The first-order chi connectivity index (χ1) is 6.36. The largest absolute Gasteiger partial charge is 0.301 e. The van der Waals surface area contributed by atoms with E-state index >= 15 is 0 Å². The lowest BCUT2D eigenvalue weighted by atomic mass is 10.3. The summed E-state index contributed by atoms with van der Waals surface area (Å²) >= 11 is 0. The van der Waals surface area contributed by atoms with Gasteiger partial charge in [0.15, 0.2) is 0 Å². The molecule has 74 valence electrons. The van der Waals surface area contributed by atoms with Gasteiger partial charge in [0.25, 0.3) is 0 Å². The fourth-order valence-corrected chi connectivity index (χ4v) is 1.56. The molecule has 1 saturated heterocycles. The van der Waals surface area contributed by atoms with Crippen LogP contribution < -0.4 is 0 Å². The lowest BCUT2D eigenvalue weighted by molar-refractivity contribution is 0.140. The van der Waals surface area contributed by atoms with Gasteiger partial charge in [-0.05, 0) is 12.1 Å². The van der Waals surface area contributed by atoms with E-state index in [9.17, 15) is 0 Å². The molecule has 1 aliphatic rings. The molecule has 0 radical (unpaired) electrons. The zero-order chi connectivity index (χ0) is 9.52. The zero-order valence-electron chi connectivity index (χ0n) is 8.19. The van der Waals surface area contributed by atoms with Gasteiger partial charge in [-0.1, -0.05) is 12.0 Å². The molecule has 0 aromatic heterocycles. The van der Waals surface area contributed by atoms with E-state index in [1.807, 2.05) is 0 Å². The van der Waals surface area contributed by atoms with E-state index in [2.05, 4.69) is 26.7 Å². The second kappa shape index (κ2) is 5.80. The van der Waals surface area contributed by atoms with Crippen molar-refractivity contribution in [3.05, 3.63) is 10.4 Å². The van der Waals surface area contributed by atoms with Gasteiger partial charge in [-0.2, -0.15) is 0 Å². The van der Waals surface area contributed by atoms with Gasteiger partial charge in [-0.3, -0.25) is 0 Å². The van der Waals surface area contributed by atoms with E-state index in [0.717, 1.165) is 39.3 Å². The molecular weight excluding hydrogens is 166 g/mol. The van der Waals surface area contributed by atoms with Crippen LogP contribution in [0, 0.1) is 0 Å². The standard InChI is InChI=1S/C8H17N5/c1-2-12-5-7-13(8-6-12)4-3-10-11-9/h2-8H2,1H3. The van der Waals surface area contributed by atoms with Crippen LogP contribution in [0.2, 0.25) is 0 Å². The number of likely N-dealkylation sites (N-methyl/N-ethyl adjacent to an activating group) is 1. The number of azide groups is 1. The van der Waals surface area contributed by atoms with Crippen molar-refractivity contribution in [1.29, 1.82) is 0 Å². The summed E-state index contributed by atoms with van der Waals surface area (Å²) in [6.07, 6.45) is 0. The molecule has 0 atom stereocenters. The van der Waals surface area contributed by atoms with E-state index in [1.54, 1.807) is 0 Å². The minimum atomic E-state index is 0.600. The average Bonchev–Trinajstić information content (AvgIpc) is 2.19. The first kappa shape index (κ1) is 10.3. The summed E-state index contributed by atoms with van der Waals surface area (Å²) < 4.78 is 0. The summed E-state index contributed by atoms with van der Waals surface area (Å²) in [6.45, 7) is 9.34. The number of rotatable bonds is 4. The monoisotopic (exact) mass is 183 g/mol. The molecule has 0 aromatic carbocycles. The van der Waals surface area contributed by atoms with E-state index in [-0.39, 0.29) is 0 Å². The van der Waals surface area contributed by atoms with Gasteiger partial charge in [0.05, 0.1) is 0 Å². The molecule has 0 amide bonds. The SMILES string of the molecule is CCN1CCN(CCN=[N+]=[N-])CC1. The Morgan fingerprint density at radius 1 is 1.23 bits per heavy atom. The Labute approximate surface area is 78.9 Å². The third-order valence-electron chi connectivity index (χ3n) is 2.49. The van der Waals surface area contributed by atoms with Crippen LogP contribution in [0.4, 0.5) is 0 Å². The Bertz CT molecular complexity index is 179. The molecule has 0 bridgehead atoms. The lowest BCUT2D eigenvalue weighted by Gasteiger charge is -2.33. The minimum Gasteiger partial charge on any atom is -0.301 e. The van der Waals surface area contributed by atoms with Crippen molar-refractivity contribution in [2.24, 2.45) is 5.11 Å². The minimum absolute atomic E-state index is 0.600. The fourth-order valence-electron chi connectivity index (χ4n) is 1.56. The zero-order valence-corrected chi connectivity index (χ0v) is 8.19. The third-order valence-corrected chi connectivity index (χ3v) is 2.49. The van der Waals surface area contributed by atoms with Crippen LogP contribution >= 0.6 is 0 Å². The van der Waals surface area contributed by atoms with Crippen molar-refractivity contribution in [2.45, 2.75) is 6.92 Å². The number of hydrogen-bond acceptors (Lipinski definition) is 3. The molecule has 0 aromatic rings. The second-order valence-corrected chi connectivity index (χ2v) is 3.23. The van der Waals surface area contributed by atoms with E-state index in [4.69, 9.17) is 5.53 Å². The van der Waals surface area contributed by atoms with Crippen molar-refractivity contribution in [3.63, 3.8) is 0 Å². The molecular formula is C8H17N5. The lowest BCUT2D eigenvalue weighted by Crippen LogP contribution is -2.46. The van der Waals surface area contributed by atoms with Gasteiger partial charge >= 0.3 is 0 Å². The maximum atomic E-state index is 8.11. The molecule has 0 spiro atoms. The molecule has 1 rings (SSSR count). The highest BCUT2D eigenvalue weighted by Gasteiger charge is 2.13. The summed E-state index contributed by atoms with van der Waals surface area (Å²) in [4.78, 5) is 7.52. The molecule has 5 heteroatoms. The summed E-state index contributed by atoms with van der Waals surface area (Å²) in [5.41, 5.74) is 8.11. The predicted molar refractivity (Wildman–Crippen MR) is 52.6 cm³/mol. The normalized spacial score (nSPS) is 19.8. The van der Waals surface area contributed by atoms with Crippen LogP contribution in [-0.4, -0.2) is 55.6 Å². The predicted octanol–water partition coefficient (Wildman–Crippen LogP) is 0.934. The maximum absolute atomic E-state index is 8.11. The average molecular weight is 183 g/mol. The first-order valence-electron chi connectivity index (χ1n) is 4.82. The maximum Gasteiger partial charge on any atom is 0.0385 e. The van der Waals surface area contributed by atoms with Crippen LogP contribution in [0.25, 0.3) is 10.4 Å². The van der Waals surface area contributed by atoms with Crippen LogP contribution in [-0.2, 0) is 0 Å². The van der Waals surface area contributed by atoms with Crippen molar-refractivity contribution in [3.8, 4) is 0 Å². The van der Waals surface area contributed by atoms with Crippen LogP contribution in [0.15, 0.2) is 5.11 Å². The summed E-state index contributed by atoms with van der Waals surface area (Å²) in [7, 11) is 0. The Morgan fingerprint density at radius 3 is 2.38 bits per heavy atom. The highest BCUT2D eigenvalue weighted by Crippen LogP contribution is 2.00. The third kappa shape index (κ3) is 3.63. The highest BCUT2D eigenvalue weighted by molar-refractivity contribution is 4.71. The summed E-state index contributed by atoms with van der Waals surface area (Å²) in [5, 5.41) is 3.53. The molecule has 5 nitrogen and oxygen atoms in total. The number of piperazine rings is 1. The molecule has 13 heavy (non-hydrogen) atoms. The Kier molecular flexibility index (Phi) is 4.60. The van der Waals surface area contributed by atoms with Gasteiger partial charge < -0.3 is 9.80 Å². The van der Waals surface area contributed by atoms with Gasteiger partial charge in [0, 0.05) is 44.2 Å². The Balaban J connectivity index is 2.13. The van der Waals surface area contributed by atoms with Crippen molar-refractivity contribution in [1.82, 2.24) is 9.80 Å². The number of hydrogen-bond donors (Lipinski definition) is 0. The first-order valence-corrected chi connectivity index (χ1v) is 4.82. The van der Waals surface area contributed by atoms with E-state index < -0.39 is 0 Å². The molecule has 1 fully saturated rings. The van der Waals surface area contributed by atoms with E-state index in [1.165, 1.54) is 0 Å². The molecule has 0 unspecified atom stereocenters. The Hall–Kier alpha value is -0.770. The van der Waals surface area contributed by atoms with Crippen molar-refractivity contribution < 1.29 is 0 Å². The molecule has 1 heterocycles. The number of nitrogens with zero attached hydrogens (tertiary/aromatic N) is 5. The summed E-state index contributed by atoms with van der Waals surface area (Å²) in [5.74, 6) is 0. The highest BCUT2D eigenvalue weighted by atomic mass is 15.3. The van der Waals surface area contributed by atoms with Gasteiger partial charge in [0.1, 0.15) is 0 Å². The fraction of sp³-hybridized carbons (Fsp3) is 1.00. The Morgan fingerprint density at radius 2 is 1.85 bits per heavy atom. The second-order valence-electron chi connectivity index (χ2n) is 3.23. The van der Waals surface area contributed by atoms with Crippen LogP contribution in [0.1, 0.15) is 6.92 Å². The van der Waals surface area contributed by atoms with Gasteiger partial charge in [-0.25, -0.2) is 0 Å². The quantitative estimate of drug-likeness (QED) is 0.370. The van der Waals surface area contributed by atoms with Gasteiger partial charge in [0.2, 0.25) is 0 Å². The molecule has 1 aliphatic heterocycles. The topological polar surface area (TPSA) is 55.2 Å². The molecule has 0 saturated carbocycles. The summed E-state index contributed by atoms with van der Waals surface area (Å²) in [6, 6.07) is 0. The molecule has 0 aliphatic carbocycles. The van der Waals surface area contributed by atoms with Crippen LogP contribution in [0.3, 0.4) is 0 Å². The molecule has 0 N–H and O–H groups in total. The van der Waals surface area contributed by atoms with Crippen molar-refractivity contribution in [2.75, 3.05) is 45.8 Å². The smallest absolute Gasteiger partial charge is 0.0385 e. The van der Waals surface area contributed by atoms with Gasteiger partial charge in [-0.15, -0.1) is 0 Å². The van der Waals surface area contributed by atoms with E-state index in [0.29, 0.717) is 6.54 Å². The van der Waals surface area contributed by atoms with Crippen LogP contribution in [0.5, 0.6) is 0 Å². The van der Waals surface area contributed by atoms with Crippen molar-refractivity contribution >= 4 is 0 Å².